The zero-order valence-corrected chi connectivity index (χ0v) is 16.8. The summed E-state index contributed by atoms with van der Waals surface area (Å²) in [5.41, 5.74) is 6.89. The number of aliphatic imine (C=N–C) groups is 1. The van der Waals surface area contributed by atoms with Crippen LogP contribution in [-0.4, -0.2) is 37.2 Å². The fourth-order valence-corrected chi connectivity index (χ4v) is 2.12. The van der Waals surface area contributed by atoms with Crippen LogP contribution >= 0.6 is 24.0 Å². The van der Waals surface area contributed by atoms with Gasteiger partial charge in [-0.25, -0.2) is 4.99 Å². The fourth-order valence-electron chi connectivity index (χ4n) is 2.12. The third-order valence-corrected chi connectivity index (χ3v) is 3.33. The Bertz CT molecular complexity index is 653. The van der Waals surface area contributed by atoms with Gasteiger partial charge in [-0.15, -0.1) is 24.0 Å². The summed E-state index contributed by atoms with van der Waals surface area (Å²) >= 11 is 0. The first-order valence-corrected chi connectivity index (χ1v) is 7.92. The van der Waals surface area contributed by atoms with Crippen LogP contribution in [0.2, 0.25) is 0 Å². The lowest BCUT2D eigenvalue weighted by Gasteiger charge is -2.15. The number of nitrogens with zero attached hydrogens (tertiary/aromatic N) is 2. The van der Waals surface area contributed by atoms with Crippen molar-refractivity contribution in [1.29, 1.82) is 0 Å². The monoisotopic (exact) mass is 456 g/mol. The van der Waals surface area contributed by atoms with Crippen molar-refractivity contribution in [1.82, 2.24) is 10.3 Å². The summed E-state index contributed by atoms with van der Waals surface area (Å²) in [6, 6.07) is 13.4. The maximum Gasteiger partial charge on any atom is 0.188 e. The molecule has 0 aliphatic heterocycles. The van der Waals surface area contributed by atoms with Crippen molar-refractivity contribution in [3.05, 3.63) is 54.4 Å². The van der Waals surface area contributed by atoms with Crippen LogP contribution < -0.4 is 20.5 Å². The van der Waals surface area contributed by atoms with Crippen molar-refractivity contribution in [2.45, 2.75) is 19.4 Å². The molecule has 1 heterocycles. The van der Waals surface area contributed by atoms with E-state index in [4.69, 9.17) is 15.2 Å². The summed E-state index contributed by atoms with van der Waals surface area (Å²) in [6.45, 7) is 3.09. The minimum Gasteiger partial charge on any atom is -0.493 e. The first-order valence-electron chi connectivity index (χ1n) is 7.92. The molecule has 1 aromatic carbocycles. The fraction of sp³-hybridized carbons (Fsp3) is 0.333. The average Bonchev–Trinajstić information content (AvgIpc) is 2.61. The summed E-state index contributed by atoms with van der Waals surface area (Å²) in [6.07, 6.45) is 2.46. The van der Waals surface area contributed by atoms with Gasteiger partial charge in [0.05, 0.1) is 13.7 Å². The van der Waals surface area contributed by atoms with Crippen molar-refractivity contribution in [2.24, 2.45) is 10.7 Å². The Kier molecular flexibility index (Phi) is 9.68. The molecule has 0 aliphatic rings. The van der Waals surface area contributed by atoms with E-state index in [1.165, 1.54) is 0 Å². The summed E-state index contributed by atoms with van der Waals surface area (Å²) in [5, 5.41) is 3.08. The first kappa shape index (κ1) is 21.0. The predicted molar refractivity (Wildman–Crippen MR) is 111 cm³/mol. The normalized spacial score (nSPS) is 12.0. The van der Waals surface area contributed by atoms with Gasteiger partial charge in [0, 0.05) is 24.9 Å². The van der Waals surface area contributed by atoms with Crippen LogP contribution in [0.5, 0.6) is 11.5 Å². The van der Waals surface area contributed by atoms with E-state index in [1.54, 1.807) is 13.3 Å². The molecule has 0 saturated heterocycles. The van der Waals surface area contributed by atoms with E-state index in [9.17, 15) is 0 Å². The second-order valence-electron chi connectivity index (χ2n) is 5.30. The Balaban J connectivity index is 0.00000312. The van der Waals surface area contributed by atoms with Gasteiger partial charge in [-0.2, -0.15) is 0 Å². The van der Waals surface area contributed by atoms with Crippen LogP contribution in [0.15, 0.2) is 53.7 Å². The zero-order valence-electron chi connectivity index (χ0n) is 14.5. The number of aromatic nitrogens is 1. The molecule has 0 aliphatic carbocycles. The smallest absolute Gasteiger partial charge is 0.188 e. The molecule has 7 heteroatoms. The number of methoxy groups -OCH3 is 1. The maximum absolute atomic E-state index is 5.87. The number of rotatable bonds is 8. The molecule has 0 bridgehead atoms. The molecule has 2 rings (SSSR count). The highest BCUT2D eigenvalue weighted by molar-refractivity contribution is 14.0. The molecule has 0 spiro atoms. The molecule has 1 atom stereocenters. The molecule has 1 unspecified atom stereocenters. The van der Waals surface area contributed by atoms with Crippen molar-refractivity contribution in [3.8, 4) is 11.5 Å². The van der Waals surface area contributed by atoms with Crippen molar-refractivity contribution >= 4 is 29.9 Å². The number of guanidine groups is 1. The molecule has 0 radical (unpaired) electrons. The molecule has 136 valence electrons. The Labute approximate surface area is 165 Å². The Hall–Kier alpha value is -2.03. The van der Waals surface area contributed by atoms with Crippen LogP contribution in [-0.2, 0) is 6.42 Å². The van der Waals surface area contributed by atoms with Gasteiger partial charge < -0.3 is 20.5 Å². The van der Waals surface area contributed by atoms with E-state index in [1.807, 2.05) is 49.4 Å². The summed E-state index contributed by atoms with van der Waals surface area (Å²) in [4.78, 5) is 8.56. The lowest BCUT2D eigenvalue weighted by molar-refractivity contribution is 0.219. The molecule has 0 amide bonds. The molecule has 3 N–H and O–H groups in total. The van der Waals surface area contributed by atoms with Gasteiger partial charge in [0.2, 0.25) is 0 Å². The first-order chi connectivity index (χ1) is 11.7. The average molecular weight is 456 g/mol. The second-order valence-corrected chi connectivity index (χ2v) is 5.30. The number of hydrogen-bond donors (Lipinski definition) is 2. The molecule has 25 heavy (non-hydrogen) atoms. The van der Waals surface area contributed by atoms with Crippen LogP contribution in [0.4, 0.5) is 0 Å². The van der Waals surface area contributed by atoms with Crippen LogP contribution in [0.3, 0.4) is 0 Å². The lowest BCUT2D eigenvalue weighted by atomic mass is 10.3. The van der Waals surface area contributed by atoms with Crippen LogP contribution in [0.25, 0.3) is 0 Å². The quantitative estimate of drug-likeness (QED) is 0.363. The molecular formula is C18H25IN4O2. The summed E-state index contributed by atoms with van der Waals surface area (Å²) < 4.78 is 11.1. The van der Waals surface area contributed by atoms with Crippen molar-refractivity contribution in [3.63, 3.8) is 0 Å². The number of pyridine rings is 1. The molecule has 0 fully saturated rings. The van der Waals surface area contributed by atoms with Gasteiger partial charge in [-0.05, 0) is 31.2 Å². The highest BCUT2D eigenvalue weighted by Gasteiger charge is 2.08. The minimum absolute atomic E-state index is 0. The predicted octanol–water partition coefficient (Wildman–Crippen LogP) is 2.62. The maximum atomic E-state index is 5.87. The molecule has 2 aromatic rings. The summed E-state index contributed by atoms with van der Waals surface area (Å²) in [7, 11) is 1.62. The van der Waals surface area contributed by atoms with Crippen LogP contribution in [0.1, 0.15) is 12.6 Å². The SMILES string of the molecule is COc1ccccc1OC(C)CN=C(N)NCCc1ccccn1.I. The third-order valence-electron chi connectivity index (χ3n) is 3.33. The summed E-state index contributed by atoms with van der Waals surface area (Å²) in [5.74, 6) is 1.81. The lowest BCUT2D eigenvalue weighted by Crippen LogP contribution is -2.34. The number of para-hydroxylation sites is 2. The van der Waals surface area contributed by atoms with E-state index in [0.717, 1.165) is 12.1 Å². The number of hydrogen-bond acceptors (Lipinski definition) is 4. The van der Waals surface area contributed by atoms with E-state index in [0.29, 0.717) is 30.5 Å². The molecule has 0 saturated carbocycles. The van der Waals surface area contributed by atoms with E-state index in [-0.39, 0.29) is 30.1 Å². The third kappa shape index (κ3) is 7.59. The van der Waals surface area contributed by atoms with Crippen LogP contribution in [0, 0.1) is 0 Å². The second kappa shape index (κ2) is 11.5. The highest BCUT2D eigenvalue weighted by Crippen LogP contribution is 2.26. The van der Waals surface area contributed by atoms with Crippen molar-refractivity contribution in [2.75, 3.05) is 20.2 Å². The van der Waals surface area contributed by atoms with E-state index < -0.39 is 0 Å². The highest BCUT2D eigenvalue weighted by atomic mass is 127. The standard InChI is InChI=1S/C18H24N4O2.HI/c1-14(24-17-9-4-3-8-16(17)23-2)13-22-18(19)21-12-10-15-7-5-6-11-20-15;/h3-9,11,14H,10,12-13H2,1-2H3,(H3,19,21,22);1H. The number of nitrogens with one attached hydrogen (secondary N) is 1. The number of halogens is 1. The molecule has 1 aromatic heterocycles. The van der Waals surface area contributed by atoms with Gasteiger partial charge in [0.25, 0.3) is 0 Å². The largest absolute Gasteiger partial charge is 0.493 e. The number of benzene rings is 1. The Morgan fingerprint density at radius 2 is 1.92 bits per heavy atom. The van der Waals surface area contributed by atoms with E-state index >= 15 is 0 Å². The number of nitrogens with two attached hydrogens (primary N) is 1. The number of ether oxygens (including phenoxy) is 2. The Morgan fingerprint density at radius 1 is 1.20 bits per heavy atom. The molecular weight excluding hydrogens is 431 g/mol. The van der Waals surface area contributed by atoms with Gasteiger partial charge >= 0.3 is 0 Å². The molecule has 6 nitrogen and oxygen atoms in total. The van der Waals surface area contributed by atoms with Gasteiger partial charge in [0.15, 0.2) is 17.5 Å². The van der Waals surface area contributed by atoms with E-state index in [2.05, 4.69) is 15.3 Å². The topological polar surface area (TPSA) is 81.8 Å². The zero-order chi connectivity index (χ0) is 17.2. The van der Waals surface area contributed by atoms with Gasteiger partial charge in [0.1, 0.15) is 6.10 Å². The van der Waals surface area contributed by atoms with Crippen molar-refractivity contribution < 1.29 is 9.47 Å². The minimum atomic E-state index is -0.113. The Morgan fingerprint density at radius 3 is 2.60 bits per heavy atom. The van der Waals surface area contributed by atoms with Gasteiger partial charge in [-0.1, -0.05) is 18.2 Å². The van der Waals surface area contributed by atoms with Gasteiger partial charge in [-0.3, -0.25) is 4.98 Å².